The van der Waals surface area contributed by atoms with Crippen LogP contribution in [0.1, 0.15) is 55.4 Å². The molecule has 0 saturated carbocycles. The molecule has 27 heavy (non-hydrogen) atoms. The molecular weight excluding hydrogens is 392 g/mol. The van der Waals surface area contributed by atoms with E-state index in [1.807, 2.05) is 0 Å². The van der Waals surface area contributed by atoms with Crippen LogP contribution in [-0.4, -0.2) is 58.8 Å². The summed E-state index contributed by atoms with van der Waals surface area (Å²) in [6.45, 7) is 13.9. The van der Waals surface area contributed by atoms with Gasteiger partial charge in [-0.05, 0) is 0 Å². The van der Waals surface area contributed by atoms with E-state index in [0.717, 1.165) is 0 Å². The Hall–Kier alpha value is -0.506. The van der Waals surface area contributed by atoms with Crippen molar-refractivity contribution in [3.8, 4) is 0 Å². The maximum absolute atomic E-state index is 12.1. The van der Waals surface area contributed by atoms with E-state index >= 15 is 0 Å². The number of carbonyl (C=O) groups excluding carboxylic acids is 2. The molecule has 0 amide bonds. The van der Waals surface area contributed by atoms with E-state index < -0.39 is 41.5 Å². The first-order chi connectivity index (χ1) is 12.3. The van der Waals surface area contributed by atoms with Crippen LogP contribution in [0.2, 0.25) is 9.45 Å². The molecule has 2 unspecified atom stereocenters. The van der Waals surface area contributed by atoms with Crippen LogP contribution in [0.5, 0.6) is 0 Å². The molecule has 0 aromatic heterocycles. The van der Waals surface area contributed by atoms with Gasteiger partial charge in [0.05, 0.1) is 0 Å². The van der Waals surface area contributed by atoms with Gasteiger partial charge >= 0.3 is 167 Å². The average molecular weight is 428 g/mol. The monoisotopic (exact) mass is 428 g/mol. The maximum atomic E-state index is 12.1. The molecule has 0 aromatic rings. The predicted molar refractivity (Wildman–Crippen MR) is 96.5 cm³/mol. The summed E-state index contributed by atoms with van der Waals surface area (Å²) in [6, 6.07) is 0. The van der Waals surface area contributed by atoms with Gasteiger partial charge in [0.2, 0.25) is 0 Å². The normalized spacial score (nSPS) is 14.7. The molecule has 160 valence electrons. The molecule has 9 heteroatoms. The Morgan fingerprint density at radius 2 is 0.963 bits per heavy atom. The second-order valence-corrected chi connectivity index (χ2v) is 12.5. The van der Waals surface area contributed by atoms with Gasteiger partial charge in [-0.1, -0.05) is 0 Å². The second-order valence-electron chi connectivity index (χ2n) is 7.66. The van der Waals surface area contributed by atoms with Gasteiger partial charge < -0.3 is 0 Å². The first-order valence-electron chi connectivity index (χ1n) is 9.40. The molecule has 2 N–H and O–H groups in total. The molecule has 0 aliphatic carbocycles. The summed E-state index contributed by atoms with van der Waals surface area (Å²) >= 11 is -4.01. The fourth-order valence-corrected chi connectivity index (χ4v) is 8.53. The molecular formula is C18H36O8Ti. The van der Waals surface area contributed by atoms with Crippen molar-refractivity contribution in [3.63, 3.8) is 0 Å². The van der Waals surface area contributed by atoms with Crippen LogP contribution >= 0.6 is 0 Å². The Balaban J connectivity index is 5.55. The summed E-state index contributed by atoms with van der Waals surface area (Å²) in [6.07, 6.45) is -4.22. The number of aliphatic hydroxyl groups excluding tert-OH is 2. The summed E-state index contributed by atoms with van der Waals surface area (Å²) in [7, 11) is 0. The van der Waals surface area contributed by atoms with Crippen LogP contribution < -0.4 is 0 Å². The molecule has 0 saturated heterocycles. The van der Waals surface area contributed by atoms with Crippen molar-refractivity contribution in [2.45, 2.75) is 101 Å². The molecule has 0 fully saturated rings. The zero-order valence-electron chi connectivity index (χ0n) is 17.7. The van der Waals surface area contributed by atoms with Crippen LogP contribution in [0, 0.1) is 0 Å². The van der Waals surface area contributed by atoms with Crippen molar-refractivity contribution in [1.82, 2.24) is 0 Å². The number of rotatable bonds is 12. The third-order valence-corrected chi connectivity index (χ3v) is 9.12. The number of ether oxygens (including phenoxy) is 2. The molecule has 0 aliphatic rings. The van der Waals surface area contributed by atoms with E-state index in [0.29, 0.717) is 0 Å². The molecule has 0 rings (SSSR count). The molecule has 0 aromatic carbocycles. The number of esters is 2. The molecule has 8 nitrogen and oxygen atoms in total. The minimum atomic E-state index is -4.01. The van der Waals surface area contributed by atoms with Crippen molar-refractivity contribution >= 4 is 11.9 Å². The zero-order valence-corrected chi connectivity index (χ0v) is 19.3. The standard InChI is InChI=1S/2C6H11O3.2C3H7O.Ti/c2*1-4(2)9-6(8)5(3)7;2*1-3(2)4;/h2*4-5,7H,3H2,1-2H3;2*3H,1-2H3;/q;;2*-1;+2. The van der Waals surface area contributed by atoms with Gasteiger partial charge in [-0.15, -0.1) is 0 Å². The molecule has 0 heterocycles. The van der Waals surface area contributed by atoms with Crippen LogP contribution in [0.15, 0.2) is 0 Å². The number of hydrogen-bond acceptors (Lipinski definition) is 8. The molecule has 2 atom stereocenters. The summed E-state index contributed by atoms with van der Waals surface area (Å²) in [5.74, 6) is -1.56. The van der Waals surface area contributed by atoms with E-state index in [2.05, 4.69) is 0 Å². The first kappa shape index (κ1) is 26.5. The van der Waals surface area contributed by atoms with Crippen LogP contribution in [0.4, 0.5) is 0 Å². The van der Waals surface area contributed by atoms with Gasteiger partial charge in [-0.2, -0.15) is 0 Å². The summed E-state index contributed by atoms with van der Waals surface area (Å²) in [5, 5.41) is 20.7. The fourth-order valence-electron chi connectivity index (χ4n) is 2.54. The van der Waals surface area contributed by atoms with Gasteiger partial charge in [0.25, 0.3) is 0 Å². The van der Waals surface area contributed by atoms with E-state index in [-0.39, 0.29) is 33.9 Å². The van der Waals surface area contributed by atoms with Gasteiger partial charge in [-0.3, -0.25) is 0 Å². The Kier molecular flexibility index (Phi) is 11.9. The van der Waals surface area contributed by atoms with E-state index in [4.69, 9.17) is 16.1 Å². The summed E-state index contributed by atoms with van der Waals surface area (Å²) in [5.41, 5.74) is 0. The van der Waals surface area contributed by atoms with Gasteiger partial charge in [0.1, 0.15) is 0 Å². The molecule has 0 aliphatic heterocycles. The van der Waals surface area contributed by atoms with Crippen molar-refractivity contribution in [2.75, 3.05) is 0 Å². The Morgan fingerprint density at radius 1 is 0.667 bits per heavy atom. The van der Waals surface area contributed by atoms with Crippen molar-refractivity contribution in [3.05, 3.63) is 0 Å². The Labute approximate surface area is 166 Å². The SMILES string of the molecule is CC(C)OC(=O)C(O)[CH2][Ti]([CH2]C(O)C(=O)OC(C)C)([O]C(C)C)[O]C(C)C. The molecule has 0 radical (unpaired) electrons. The minimum absolute atomic E-state index is 0.117. The van der Waals surface area contributed by atoms with Gasteiger partial charge in [0.15, 0.2) is 0 Å². The summed E-state index contributed by atoms with van der Waals surface area (Å²) in [4.78, 5) is 24.1. The first-order valence-corrected chi connectivity index (χ1v) is 12.9. The zero-order chi connectivity index (χ0) is 21.4. The second kappa shape index (κ2) is 12.1. The van der Waals surface area contributed by atoms with Crippen LogP contribution in [0.3, 0.4) is 0 Å². The van der Waals surface area contributed by atoms with Crippen molar-refractivity contribution < 1.29 is 53.3 Å². The predicted octanol–water partition coefficient (Wildman–Crippen LogP) is 2.28. The van der Waals surface area contributed by atoms with E-state index in [1.165, 1.54) is 0 Å². The van der Waals surface area contributed by atoms with E-state index in [1.54, 1.807) is 55.4 Å². The quantitative estimate of drug-likeness (QED) is 0.360. The number of carbonyl (C=O) groups is 2. The van der Waals surface area contributed by atoms with Crippen LogP contribution in [0.25, 0.3) is 0 Å². The van der Waals surface area contributed by atoms with Crippen LogP contribution in [-0.2, 0) is 43.1 Å². The van der Waals surface area contributed by atoms with E-state index in [9.17, 15) is 19.8 Å². The third kappa shape index (κ3) is 11.2. The third-order valence-electron chi connectivity index (χ3n) is 3.16. The van der Waals surface area contributed by atoms with Gasteiger partial charge in [-0.25, -0.2) is 0 Å². The molecule has 0 bridgehead atoms. The topological polar surface area (TPSA) is 112 Å². The number of aliphatic hydroxyl groups is 2. The fraction of sp³-hybridized carbons (Fsp3) is 0.889. The average Bonchev–Trinajstić information content (AvgIpc) is 2.43. The summed E-state index contributed by atoms with van der Waals surface area (Å²) < 4.78 is 21.9. The van der Waals surface area contributed by atoms with Crippen molar-refractivity contribution in [2.24, 2.45) is 0 Å². The van der Waals surface area contributed by atoms with Crippen molar-refractivity contribution in [1.29, 1.82) is 0 Å². The Bertz CT molecular complexity index is 422. The number of hydrogen-bond donors (Lipinski definition) is 2. The van der Waals surface area contributed by atoms with Gasteiger partial charge in [0, 0.05) is 0 Å². The molecule has 0 spiro atoms. The Morgan fingerprint density at radius 3 is 1.19 bits per heavy atom.